The highest BCUT2D eigenvalue weighted by Gasteiger charge is 2.14. The summed E-state index contributed by atoms with van der Waals surface area (Å²) in [6.45, 7) is 1.95. The Hall–Kier alpha value is -1.62. The highest BCUT2D eigenvalue weighted by Crippen LogP contribution is 2.27. The van der Waals surface area contributed by atoms with Gasteiger partial charge in [0.2, 0.25) is 0 Å². The largest absolute Gasteiger partial charge is 0.496 e. The van der Waals surface area contributed by atoms with E-state index in [0.717, 1.165) is 22.6 Å². The Morgan fingerprint density at radius 1 is 1.35 bits per heavy atom. The number of hydrogen-bond donors (Lipinski definition) is 2. The number of benzene rings is 1. The summed E-state index contributed by atoms with van der Waals surface area (Å²) < 4.78 is 5.36. The quantitative estimate of drug-likeness (QED) is 0.657. The van der Waals surface area contributed by atoms with E-state index in [1.807, 2.05) is 43.5 Å². The van der Waals surface area contributed by atoms with E-state index in [2.05, 4.69) is 10.4 Å². The number of halogens is 1. The number of pyridine rings is 1. The van der Waals surface area contributed by atoms with Crippen molar-refractivity contribution in [2.75, 3.05) is 7.11 Å². The molecule has 0 spiro atoms. The molecule has 0 bridgehead atoms. The summed E-state index contributed by atoms with van der Waals surface area (Å²) in [5, 5.41) is 0.679. The topological polar surface area (TPSA) is 60.2 Å². The molecule has 5 heteroatoms. The van der Waals surface area contributed by atoms with Crippen molar-refractivity contribution in [2.24, 2.45) is 5.84 Å². The predicted octanol–water partition coefficient (Wildman–Crippen LogP) is 2.80. The first kappa shape index (κ1) is 14.8. The lowest BCUT2D eigenvalue weighted by atomic mass is 10.00. The van der Waals surface area contributed by atoms with Gasteiger partial charge >= 0.3 is 0 Å². The summed E-state index contributed by atoms with van der Waals surface area (Å²) in [4.78, 5) is 4.30. The molecule has 1 aromatic carbocycles. The van der Waals surface area contributed by atoms with Crippen LogP contribution in [0.3, 0.4) is 0 Å². The Balaban J connectivity index is 2.26. The number of ether oxygens (including phenoxy) is 1. The second-order valence-electron chi connectivity index (χ2n) is 4.61. The number of hydrazine groups is 1. The van der Waals surface area contributed by atoms with E-state index in [1.165, 1.54) is 0 Å². The first-order valence-corrected chi connectivity index (χ1v) is 6.73. The van der Waals surface area contributed by atoms with E-state index in [0.29, 0.717) is 11.4 Å². The van der Waals surface area contributed by atoms with Crippen LogP contribution in [-0.4, -0.2) is 12.1 Å². The van der Waals surface area contributed by atoms with Gasteiger partial charge in [-0.1, -0.05) is 17.7 Å². The molecule has 0 aliphatic heterocycles. The first-order valence-electron chi connectivity index (χ1n) is 6.35. The van der Waals surface area contributed by atoms with Crippen molar-refractivity contribution in [1.82, 2.24) is 10.4 Å². The summed E-state index contributed by atoms with van der Waals surface area (Å²) in [5.41, 5.74) is 5.83. The van der Waals surface area contributed by atoms with Crippen molar-refractivity contribution in [2.45, 2.75) is 19.4 Å². The number of aryl methyl sites for hydroxylation is 1. The molecule has 20 heavy (non-hydrogen) atoms. The molecule has 0 saturated carbocycles. The van der Waals surface area contributed by atoms with Crippen LogP contribution >= 0.6 is 11.6 Å². The van der Waals surface area contributed by atoms with Crippen LogP contribution in [-0.2, 0) is 6.42 Å². The Bertz CT molecular complexity index is 572. The van der Waals surface area contributed by atoms with Crippen molar-refractivity contribution in [3.05, 3.63) is 58.4 Å². The van der Waals surface area contributed by atoms with E-state index in [1.54, 1.807) is 7.11 Å². The normalized spacial score (nSPS) is 12.2. The molecule has 1 unspecified atom stereocenters. The van der Waals surface area contributed by atoms with Crippen LogP contribution in [0.5, 0.6) is 5.75 Å². The molecule has 0 aliphatic carbocycles. The van der Waals surface area contributed by atoms with E-state index in [-0.39, 0.29) is 6.04 Å². The molecule has 0 fully saturated rings. The fourth-order valence-electron chi connectivity index (χ4n) is 2.08. The zero-order valence-corrected chi connectivity index (χ0v) is 12.3. The van der Waals surface area contributed by atoms with Gasteiger partial charge in [0.1, 0.15) is 5.75 Å². The van der Waals surface area contributed by atoms with Crippen molar-refractivity contribution >= 4 is 11.6 Å². The number of methoxy groups -OCH3 is 1. The van der Waals surface area contributed by atoms with Gasteiger partial charge in [-0.3, -0.25) is 16.3 Å². The van der Waals surface area contributed by atoms with Gasteiger partial charge in [-0.05, 0) is 48.7 Å². The van der Waals surface area contributed by atoms with Crippen LogP contribution in [0.2, 0.25) is 5.02 Å². The standard InChI is InChI=1S/C15H18ClN3O/c1-10-3-4-11(9-18-10)14(19-17)8-12-7-13(16)5-6-15(12)20-2/h3-7,9,14,19H,8,17H2,1-2H3. The maximum absolute atomic E-state index is 6.05. The van der Waals surface area contributed by atoms with Gasteiger partial charge in [-0.15, -0.1) is 0 Å². The molecule has 0 radical (unpaired) electrons. The van der Waals surface area contributed by atoms with Gasteiger partial charge in [-0.25, -0.2) is 0 Å². The summed E-state index contributed by atoms with van der Waals surface area (Å²) in [5.74, 6) is 6.47. The molecular formula is C15H18ClN3O. The molecule has 3 N–H and O–H groups in total. The van der Waals surface area contributed by atoms with Crippen LogP contribution in [0.25, 0.3) is 0 Å². The Morgan fingerprint density at radius 3 is 2.75 bits per heavy atom. The highest BCUT2D eigenvalue weighted by molar-refractivity contribution is 6.30. The average Bonchev–Trinajstić information content (AvgIpc) is 2.46. The Labute approximate surface area is 123 Å². The van der Waals surface area contributed by atoms with Gasteiger partial charge in [0, 0.05) is 16.9 Å². The van der Waals surface area contributed by atoms with Crippen LogP contribution < -0.4 is 16.0 Å². The SMILES string of the molecule is COc1ccc(Cl)cc1CC(NN)c1ccc(C)nc1. The zero-order chi connectivity index (χ0) is 14.5. The maximum Gasteiger partial charge on any atom is 0.122 e. The monoisotopic (exact) mass is 291 g/mol. The lowest BCUT2D eigenvalue weighted by Gasteiger charge is -2.18. The molecule has 2 rings (SSSR count). The highest BCUT2D eigenvalue weighted by atomic mass is 35.5. The lowest BCUT2D eigenvalue weighted by Crippen LogP contribution is -2.29. The van der Waals surface area contributed by atoms with Crippen LogP contribution in [0.1, 0.15) is 22.9 Å². The van der Waals surface area contributed by atoms with E-state index < -0.39 is 0 Å². The Morgan fingerprint density at radius 2 is 2.15 bits per heavy atom. The molecule has 106 valence electrons. The third kappa shape index (κ3) is 3.48. The average molecular weight is 292 g/mol. The Kier molecular flexibility index (Phi) is 4.95. The van der Waals surface area contributed by atoms with Crippen LogP contribution in [0.15, 0.2) is 36.5 Å². The number of nitrogens with two attached hydrogens (primary N) is 1. The van der Waals surface area contributed by atoms with Crippen molar-refractivity contribution < 1.29 is 4.74 Å². The van der Waals surface area contributed by atoms with Gasteiger partial charge < -0.3 is 4.74 Å². The molecule has 0 amide bonds. The fourth-order valence-corrected chi connectivity index (χ4v) is 2.28. The molecule has 1 aromatic heterocycles. The number of hydrogen-bond acceptors (Lipinski definition) is 4. The minimum absolute atomic E-state index is 0.0459. The van der Waals surface area contributed by atoms with Gasteiger partial charge in [0.05, 0.1) is 13.2 Å². The summed E-state index contributed by atoms with van der Waals surface area (Å²) in [6.07, 6.45) is 2.50. The third-order valence-electron chi connectivity index (χ3n) is 3.20. The first-order chi connectivity index (χ1) is 9.63. The second kappa shape index (κ2) is 6.70. The fraction of sp³-hybridized carbons (Fsp3) is 0.267. The molecule has 0 aliphatic rings. The number of nitrogens with zero attached hydrogens (tertiary/aromatic N) is 1. The predicted molar refractivity (Wildman–Crippen MR) is 80.7 cm³/mol. The van der Waals surface area contributed by atoms with Crippen LogP contribution in [0, 0.1) is 6.92 Å². The molecule has 2 aromatic rings. The summed E-state index contributed by atoms with van der Waals surface area (Å²) in [7, 11) is 1.64. The molecular weight excluding hydrogens is 274 g/mol. The zero-order valence-electron chi connectivity index (χ0n) is 11.6. The van der Waals surface area contributed by atoms with Gasteiger partial charge in [0.15, 0.2) is 0 Å². The minimum Gasteiger partial charge on any atom is -0.496 e. The number of nitrogens with one attached hydrogen (secondary N) is 1. The molecule has 1 atom stereocenters. The van der Waals surface area contributed by atoms with Crippen molar-refractivity contribution in [3.8, 4) is 5.75 Å². The second-order valence-corrected chi connectivity index (χ2v) is 5.05. The summed E-state index contributed by atoms with van der Waals surface area (Å²) >= 11 is 6.05. The third-order valence-corrected chi connectivity index (χ3v) is 3.44. The smallest absolute Gasteiger partial charge is 0.122 e. The number of aromatic nitrogens is 1. The molecule has 4 nitrogen and oxygen atoms in total. The number of rotatable bonds is 5. The van der Waals surface area contributed by atoms with Crippen LogP contribution in [0.4, 0.5) is 0 Å². The molecule has 1 heterocycles. The lowest BCUT2D eigenvalue weighted by molar-refractivity contribution is 0.405. The van der Waals surface area contributed by atoms with Gasteiger partial charge in [0.25, 0.3) is 0 Å². The molecule has 0 saturated heterocycles. The van der Waals surface area contributed by atoms with Crippen molar-refractivity contribution in [3.63, 3.8) is 0 Å². The minimum atomic E-state index is -0.0459. The summed E-state index contributed by atoms with van der Waals surface area (Å²) in [6, 6.07) is 9.50. The van der Waals surface area contributed by atoms with E-state index in [4.69, 9.17) is 22.2 Å². The van der Waals surface area contributed by atoms with E-state index >= 15 is 0 Å². The van der Waals surface area contributed by atoms with Crippen molar-refractivity contribution in [1.29, 1.82) is 0 Å². The van der Waals surface area contributed by atoms with Gasteiger partial charge in [-0.2, -0.15) is 0 Å². The van der Waals surface area contributed by atoms with E-state index in [9.17, 15) is 0 Å². The maximum atomic E-state index is 6.05.